The van der Waals surface area contributed by atoms with Crippen molar-refractivity contribution >= 4 is 51.5 Å². The Bertz CT molecular complexity index is 1510. The first-order valence-electron chi connectivity index (χ1n) is 14.4. The summed E-state index contributed by atoms with van der Waals surface area (Å²) in [5.74, 6) is -0.722. The molecule has 1 aromatic heterocycles. The number of carbonyl (C=O) groups is 3. The molecule has 2 amide bonds. The highest BCUT2D eigenvalue weighted by Gasteiger charge is 2.35. The number of esters is 1. The number of aromatic nitrogens is 1. The first-order chi connectivity index (χ1) is 19.8. The van der Waals surface area contributed by atoms with E-state index in [9.17, 15) is 14.4 Å². The van der Waals surface area contributed by atoms with Crippen molar-refractivity contribution in [3.05, 3.63) is 57.3 Å². The molecule has 2 aliphatic heterocycles. The average molecular weight is 687 g/mol. The molecule has 1 fully saturated rings. The summed E-state index contributed by atoms with van der Waals surface area (Å²) in [5.41, 5.74) is 7.24. The zero-order valence-corrected chi connectivity index (χ0v) is 27.0. The van der Waals surface area contributed by atoms with Crippen LogP contribution < -0.4 is 10.7 Å². The van der Waals surface area contributed by atoms with Crippen LogP contribution in [0.15, 0.2) is 42.5 Å². The van der Waals surface area contributed by atoms with Crippen LogP contribution >= 0.6 is 22.6 Å². The Balaban J connectivity index is 1.56. The van der Waals surface area contributed by atoms with E-state index in [0.29, 0.717) is 19.4 Å². The zero-order chi connectivity index (χ0) is 30.2. The minimum Gasteiger partial charge on any atom is -0.464 e. The summed E-state index contributed by atoms with van der Waals surface area (Å²) < 4.78 is 12.4. The van der Waals surface area contributed by atoms with Crippen molar-refractivity contribution in [1.82, 2.24) is 20.7 Å². The number of fused-ring (bicyclic) bond motifs is 6. The Morgan fingerprint density at radius 1 is 1.14 bits per heavy atom. The highest BCUT2D eigenvalue weighted by atomic mass is 127. The number of aromatic amines is 1. The van der Waals surface area contributed by atoms with Gasteiger partial charge in [-0.3, -0.25) is 14.6 Å². The number of cyclic esters (lactones) is 1. The molecule has 6 bridgehead atoms. The Labute approximate surface area is 260 Å². The second kappa shape index (κ2) is 11.9. The Hall–Kier alpha value is -3.12. The van der Waals surface area contributed by atoms with E-state index in [1.807, 2.05) is 12.1 Å². The molecule has 224 valence electrons. The van der Waals surface area contributed by atoms with Gasteiger partial charge in [-0.05, 0) is 97.0 Å². The van der Waals surface area contributed by atoms with Gasteiger partial charge in [-0.15, -0.1) is 0 Å². The number of H-pyrrole nitrogens is 1. The SMILES string of the molecule is CC1(C)COC(=O)[C@@H]2CCCN(N2)C(=O)[C@@H](NC(=O)OC(C)(C)C)Cc2cccc(c2)-c2ccc3[nH]c(I)c(c3c2)C1. The number of hydrazine groups is 1. The number of carbonyl (C=O) groups excluding carboxylic acids is 3. The molecule has 2 atom stereocenters. The van der Waals surface area contributed by atoms with Crippen molar-refractivity contribution in [2.75, 3.05) is 13.2 Å². The molecule has 10 heteroatoms. The van der Waals surface area contributed by atoms with Gasteiger partial charge in [0.05, 0.1) is 10.3 Å². The van der Waals surface area contributed by atoms with E-state index in [0.717, 1.165) is 37.7 Å². The van der Waals surface area contributed by atoms with Gasteiger partial charge in [0.2, 0.25) is 0 Å². The Kier molecular flexibility index (Phi) is 8.58. The number of halogens is 1. The third kappa shape index (κ3) is 7.08. The Morgan fingerprint density at radius 3 is 2.67 bits per heavy atom. The lowest BCUT2D eigenvalue weighted by atomic mass is 9.86. The molecule has 9 nitrogen and oxygen atoms in total. The number of hydrogen-bond donors (Lipinski definition) is 3. The maximum absolute atomic E-state index is 13.8. The van der Waals surface area contributed by atoms with Crippen LogP contribution in [0.25, 0.3) is 22.0 Å². The molecular formula is C32H39IN4O5. The normalized spacial score (nSPS) is 21.4. The number of rotatable bonds is 1. The molecule has 2 aromatic carbocycles. The molecule has 0 aliphatic carbocycles. The molecule has 3 heterocycles. The number of amides is 2. The van der Waals surface area contributed by atoms with E-state index in [1.54, 1.807) is 20.8 Å². The molecule has 1 saturated heterocycles. The average Bonchev–Trinajstić information content (AvgIpc) is 3.23. The smallest absolute Gasteiger partial charge is 0.408 e. The van der Waals surface area contributed by atoms with E-state index in [2.05, 4.69) is 82.5 Å². The molecular weight excluding hydrogens is 647 g/mol. The second-order valence-corrected chi connectivity index (χ2v) is 14.1. The summed E-state index contributed by atoms with van der Waals surface area (Å²) in [4.78, 5) is 43.3. The van der Waals surface area contributed by atoms with Gasteiger partial charge in [0.25, 0.3) is 5.91 Å². The van der Waals surface area contributed by atoms with Crippen LogP contribution in [0.5, 0.6) is 0 Å². The van der Waals surface area contributed by atoms with Gasteiger partial charge in [-0.25, -0.2) is 10.2 Å². The van der Waals surface area contributed by atoms with Crippen LogP contribution in [0.3, 0.4) is 0 Å². The van der Waals surface area contributed by atoms with E-state index in [1.165, 1.54) is 10.6 Å². The molecule has 5 rings (SSSR count). The van der Waals surface area contributed by atoms with E-state index in [-0.39, 0.29) is 30.3 Å². The fraction of sp³-hybridized carbons (Fsp3) is 0.469. The van der Waals surface area contributed by atoms with E-state index >= 15 is 0 Å². The highest BCUT2D eigenvalue weighted by Crippen LogP contribution is 2.34. The molecule has 0 saturated carbocycles. The lowest BCUT2D eigenvalue weighted by Crippen LogP contribution is -2.60. The number of alkyl carbamates (subject to hydrolysis) is 1. The maximum Gasteiger partial charge on any atom is 0.408 e. The van der Waals surface area contributed by atoms with E-state index in [4.69, 9.17) is 9.47 Å². The summed E-state index contributed by atoms with van der Waals surface area (Å²) in [7, 11) is 0. The topological polar surface area (TPSA) is 113 Å². The standard InChI is InChI=1S/C32H39IN4O5/c1-31(2,3)42-30(40)35-26-15-19-8-6-9-20(14-19)21-11-12-24-22(16-21)23(27(33)34-24)17-32(4,5)18-41-29(39)25-10-7-13-37(36-25)28(26)38/h6,8-9,11-12,14,16,25-26,34,36H,7,10,13,15,17-18H2,1-5H3,(H,35,40)/t25-,26-/m0/s1. The predicted octanol–water partition coefficient (Wildman–Crippen LogP) is 5.50. The largest absolute Gasteiger partial charge is 0.464 e. The third-order valence-corrected chi connectivity index (χ3v) is 8.46. The summed E-state index contributed by atoms with van der Waals surface area (Å²) in [6, 6.07) is 12.8. The van der Waals surface area contributed by atoms with Gasteiger partial charge in [-0.1, -0.05) is 44.2 Å². The van der Waals surface area contributed by atoms with Gasteiger partial charge in [0.1, 0.15) is 17.7 Å². The molecule has 0 spiro atoms. The molecule has 2 aliphatic rings. The number of nitrogens with zero attached hydrogens (tertiary/aromatic N) is 1. The zero-order valence-electron chi connectivity index (χ0n) is 24.8. The second-order valence-electron chi connectivity index (χ2n) is 13.0. The molecule has 0 unspecified atom stereocenters. The summed E-state index contributed by atoms with van der Waals surface area (Å²) >= 11 is 2.34. The van der Waals surface area contributed by atoms with Crippen LogP contribution in [0, 0.1) is 9.12 Å². The predicted molar refractivity (Wildman–Crippen MR) is 170 cm³/mol. The minimum absolute atomic E-state index is 0.241. The minimum atomic E-state index is -0.907. The molecule has 0 radical (unpaired) electrons. The number of hydrogen-bond acceptors (Lipinski definition) is 6. The van der Waals surface area contributed by atoms with Crippen molar-refractivity contribution < 1.29 is 23.9 Å². The maximum atomic E-state index is 13.8. The summed E-state index contributed by atoms with van der Waals surface area (Å²) in [5, 5.41) is 5.36. The van der Waals surface area contributed by atoms with Crippen molar-refractivity contribution in [1.29, 1.82) is 0 Å². The number of benzene rings is 2. The number of ether oxygens (including phenoxy) is 2. The fourth-order valence-corrected chi connectivity index (χ4v) is 6.30. The molecule has 3 aromatic rings. The third-order valence-electron chi connectivity index (χ3n) is 7.54. The van der Waals surface area contributed by atoms with Gasteiger partial charge in [0.15, 0.2) is 0 Å². The molecule has 42 heavy (non-hydrogen) atoms. The first-order valence-corrected chi connectivity index (χ1v) is 15.5. The fourth-order valence-electron chi connectivity index (χ4n) is 5.53. The van der Waals surface area contributed by atoms with Crippen LogP contribution in [-0.4, -0.2) is 58.8 Å². The van der Waals surface area contributed by atoms with Crippen LogP contribution in [-0.2, 0) is 31.9 Å². The summed E-state index contributed by atoms with van der Waals surface area (Å²) in [6.45, 7) is 10.2. The monoisotopic (exact) mass is 686 g/mol. The number of nitrogens with one attached hydrogen (secondary N) is 3. The van der Waals surface area contributed by atoms with Crippen molar-refractivity contribution in [3.63, 3.8) is 0 Å². The van der Waals surface area contributed by atoms with Gasteiger partial charge in [0, 0.05) is 29.3 Å². The Morgan fingerprint density at radius 2 is 1.90 bits per heavy atom. The van der Waals surface area contributed by atoms with Gasteiger partial charge < -0.3 is 19.8 Å². The van der Waals surface area contributed by atoms with Crippen LogP contribution in [0.1, 0.15) is 58.6 Å². The van der Waals surface area contributed by atoms with Crippen molar-refractivity contribution in [3.8, 4) is 11.1 Å². The van der Waals surface area contributed by atoms with Crippen molar-refractivity contribution in [2.45, 2.75) is 78.0 Å². The van der Waals surface area contributed by atoms with Gasteiger partial charge in [-0.2, -0.15) is 0 Å². The van der Waals surface area contributed by atoms with E-state index < -0.39 is 23.8 Å². The quantitative estimate of drug-likeness (QED) is 0.231. The lowest BCUT2D eigenvalue weighted by molar-refractivity contribution is -0.155. The van der Waals surface area contributed by atoms with Crippen LogP contribution in [0.2, 0.25) is 0 Å². The summed E-state index contributed by atoms with van der Waals surface area (Å²) in [6.07, 6.45) is 1.49. The van der Waals surface area contributed by atoms with Crippen molar-refractivity contribution in [2.24, 2.45) is 5.41 Å². The lowest BCUT2D eigenvalue weighted by Gasteiger charge is -2.35. The highest BCUT2D eigenvalue weighted by molar-refractivity contribution is 14.1. The molecule has 3 N–H and O–H groups in total. The first kappa shape index (κ1) is 30.3. The van der Waals surface area contributed by atoms with Gasteiger partial charge >= 0.3 is 12.1 Å². The van der Waals surface area contributed by atoms with Crippen LogP contribution in [0.4, 0.5) is 4.79 Å².